The summed E-state index contributed by atoms with van der Waals surface area (Å²) in [6.45, 7) is 3.29. The van der Waals surface area contributed by atoms with E-state index < -0.39 is 21.9 Å². The van der Waals surface area contributed by atoms with Gasteiger partial charge in [0.2, 0.25) is 0 Å². The zero-order valence-electron chi connectivity index (χ0n) is 20.0. The summed E-state index contributed by atoms with van der Waals surface area (Å²) in [6, 6.07) is 13.0. The summed E-state index contributed by atoms with van der Waals surface area (Å²) >= 11 is 0. The van der Waals surface area contributed by atoms with Gasteiger partial charge in [-0.15, -0.1) is 0 Å². The number of aryl methyl sites for hydroxylation is 1. The molecule has 0 N–H and O–H groups in total. The lowest BCUT2D eigenvalue weighted by molar-refractivity contribution is 0.355. The third-order valence-corrected chi connectivity index (χ3v) is 7.46. The van der Waals surface area contributed by atoms with Gasteiger partial charge in [0.05, 0.1) is 45.1 Å². The van der Waals surface area contributed by atoms with Gasteiger partial charge >= 0.3 is 0 Å². The monoisotopic (exact) mass is 489 g/mol. The van der Waals surface area contributed by atoms with Gasteiger partial charge in [0.25, 0.3) is 10.0 Å². The molecule has 9 heteroatoms. The molecule has 0 bridgehead atoms. The molecule has 0 saturated heterocycles. The molecule has 0 aliphatic carbocycles. The van der Waals surface area contributed by atoms with E-state index in [0.29, 0.717) is 39.8 Å². The van der Waals surface area contributed by atoms with Crippen molar-refractivity contribution in [3.05, 3.63) is 71.5 Å². The van der Waals surface area contributed by atoms with Crippen LogP contribution in [0.2, 0.25) is 0 Å². The Balaban J connectivity index is 2.27. The first-order valence-corrected chi connectivity index (χ1v) is 11.9. The van der Waals surface area contributed by atoms with Crippen molar-refractivity contribution in [2.75, 3.05) is 32.7 Å². The van der Waals surface area contributed by atoms with Gasteiger partial charge in [-0.2, -0.15) is 0 Å². The molecule has 0 amide bonds. The van der Waals surface area contributed by atoms with Gasteiger partial charge in [-0.05, 0) is 61.9 Å². The van der Waals surface area contributed by atoms with Crippen molar-refractivity contribution in [2.45, 2.75) is 24.8 Å². The highest BCUT2D eigenvalue weighted by atomic mass is 32.2. The molecular formula is C25H28FNO6S. The molecule has 0 aromatic heterocycles. The van der Waals surface area contributed by atoms with E-state index in [1.165, 1.54) is 44.9 Å². The fourth-order valence-electron chi connectivity index (χ4n) is 3.67. The Morgan fingerprint density at radius 3 is 2.03 bits per heavy atom. The molecule has 3 rings (SSSR count). The minimum Gasteiger partial charge on any atom is -0.497 e. The quantitative estimate of drug-likeness (QED) is 0.415. The average molecular weight is 490 g/mol. The first-order chi connectivity index (χ1) is 16.2. The van der Waals surface area contributed by atoms with Crippen molar-refractivity contribution in [3.63, 3.8) is 0 Å². The lowest BCUT2D eigenvalue weighted by Crippen LogP contribution is -2.34. The van der Waals surface area contributed by atoms with Crippen LogP contribution in [0.5, 0.6) is 23.0 Å². The summed E-state index contributed by atoms with van der Waals surface area (Å²) in [5.74, 6) is 1.19. The molecular weight excluding hydrogens is 461 g/mol. The van der Waals surface area contributed by atoms with Crippen LogP contribution in [0.1, 0.15) is 24.1 Å². The van der Waals surface area contributed by atoms with E-state index in [4.69, 9.17) is 18.9 Å². The Morgan fingerprint density at radius 2 is 1.44 bits per heavy atom. The average Bonchev–Trinajstić information content (AvgIpc) is 2.84. The highest BCUT2D eigenvalue weighted by Crippen LogP contribution is 2.41. The molecule has 7 nitrogen and oxygen atoms in total. The second-order valence-corrected chi connectivity index (χ2v) is 9.35. The number of anilines is 1. The second-order valence-electron chi connectivity index (χ2n) is 7.53. The zero-order chi connectivity index (χ0) is 25.0. The molecule has 0 aliphatic rings. The standard InChI is InChI=1S/C25H28FNO6S/c1-16-7-10-20(15-22(16)26)34(28,29)27(18-8-11-24(32-5)25(13-18)33-6)17(2)21-14-19(30-3)9-12-23(21)31-4/h7-15,17H,1-6H3/t17-/m0/s1. The molecule has 182 valence electrons. The fourth-order valence-corrected chi connectivity index (χ4v) is 5.31. The third kappa shape index (κ3) is 4.75. The zero-order valence-corrected chi connectivity index (χ0v) is 20.8. The van der Waals surface area contributed by atoms with Gasteiger partial charge in [0, 0.05) is 11.6 Å². The number of ether oxygens (including phenoxy) is 4. The summed E-state index contributed by atoms with van der Waals surface area (Å²) in [6.07, 6.45) is 0. The number of hydrogen-bond acceptors (Lipinski definition) is 6. The van der Waals surface area contributed by atoms with Crippen LogP contribution in [0.3, 0.4) is 0 Å². The van der Waals surface area contributed by atoms with E-state index in [1.807, 2.05) is 0 Å². The van der Waals surface area contributed by atoms with Gasteiger partial charge in [0.1, 0.15) is 17.3 Å². The Morgan fingerprint density at radius 1 is 0.794 bits per heavy atom. The predicted octanol–water partition coefficient (Wildman–Crippen LogP) is 5.13. The van der Waals surface area contributed by atoms with Crippen LogP contribution < -0.4 is 23.3 Å². The first kappa shape index (κ1) is 25.2. The minimum atomic E-state index is -4.23. The van der Waals surface area contributed by atoms with E-state index >= 15 is 0 Å². The van der Waals surface area contributed by atoms with E-state index in [1.54, 1.807) is 50.2 Å². The van der Waals surface area contributed by atoms with Gasteiger partial charge in [-0.1, -0.05) is 6.07 Å². The van der Waals surface area contributed by atoms with Crippen molar-refractivity contribution in [1.29, 1.82) is 0 Å². The summed E-state index contributed by atoms with van der Waals surface area (Å²) < 4.78 is 65.0. The highest BCUT2D eigenvalue weighted by molar-refractivity contribution is 7.92. The molecule has 0 aliphatic heterocycles. The maximum atomic E-state index is 14.4. The molecule has 0 heterocycles. The van der Waals surface area contributed by atoms with E-state index in [-0.39, 0.29) is 4.90 Å². The van der Waals surface area contributed by atoms with Crippen LogP contribution in [-0.4, -0.2) is 36.9 Å². The largest absolute Gasteiger partial charge is 0.497 e. The molecule has 34 heavy (non-hydrogen) atoms. The summed E-state index contributed by atoms with van der Waals surface area (Å²) in [7, 11) is 1.75. The lowest BCUT2D eigenvalue weighted by atomic mass is 10.1. The van der Waals surface area contributed by atoms with E-state index in [9.17, 15) is 12.8 Å². The van der Waals surface area contributed by atoms with Crippen LogP contribution in [0.15, 0.2) is 59.5 Å². The Hall–Kier alpha value is -3.46. The van der Waals surface area contributed by atoms with Gasteiger partial charge in [-0.3, -0.25) is 4.31 Å². The summed E-state index contributed by atoms with van der Waals surface area (Å²) in [5.41, 5.74) is 1.21. The molecule has 0 saturated carbocycles. The third-order valence-electron chi connectivity index (χ3n) is 5.56. The Labute approximate surface area is 199 Å². The summed E-state index contributed by atoms with van der Waals surface area (Å²) in [4.78, 5) is -0.181. The smallest absolute Gasteiger partial charge is 0.264 e. The molecule has 0 radical (unpaired) electrons. The molecule has 0 spiro atoms. The number of halogens is 1. The maximum absolute atomic E-state index is 14.4. The van der Waals surface area contributed by atoms with Crippen molar-refractivity contribution in [3.8, 4) is 23.0 Å². The van der Waals surface area contributed by atoms with Crippen LogP contribution in [0.4, 0.5) is 10.1 Å². The van der Waals surface area contributed by atoms with E-state index in [0.717, 1.165) is 6.07 Å². The topological polar surface area (TPSA) is 74.3 Å². The van der Waals surface area contributed by atoms with Crippen LogP contribution in [0, 0.1) is 12.7 Å². The minimum absolute atomic E-state index is 0.181. The van der Waals surface area contributed by atoms with Gasteiger partial charge in [0.15, 0.2) is 11.5 Å². The van der Waals surface area contributed by atoms with Crippen molar-refractivity contribution in [2.24, 2.45) is 0 Å². The van der Waals surface area contributed by atoms with Crippen molar-refractivity contribution in [1.82, 2.24) is 0 Å². The van der Waals surface area contributed by atoms with Crippen molar-refractivity contribution < 1.29 is 31.8 Å². The van der Waals surface area contributed by atoms with Crippen LogP contribution in [0.25, 0.3) is 0 Å². The number of hydrogen-bond donors (Lipinski definition) is 0. The molecule has 1 atom stereocenters. The first-order valence-electron chi connectivity index (χ1n) is 10.4. The molecule has 0 fully saturated rings. The van der Waals surface area contributed by atoms with Gasteiger partial charge in [-0.25, -0.2) is 12.8 Å². The predicted molar refractivity (Wildman–Crippen MR) is 128 cm³/mol. The molecule has 0 unspecified atom stereocenters. The molecule has 3 aromatic carbocycles. The number of methoxy groups -OCH3 is 4. The van der Waals surface area contributed by atoms with Gasteiger partial charge < -0.3 is 18.9 Å². The Kier molecular flexibility index (Phi) is 7.56. The number of nitrogens with zero attached hydrogens (tertiary/aromatic N) is 1. The Bertz CT molecular complexity index is 1280. The second kappa shape index (κ2) is 10.2. The number of benzene rings is 3. The fraction of sp³-hybridized carbons (Fsp3) is 0.280. The normalized spacial score (nSPS) is 12.1. The molecule has 3 aromatic rings. The van der Waals surface area contributed by atoms with Crippen LogP contribution in [-0.2, 0) is 10.0 Å². The number of sulfonamides is 1. The van der Waals surface area contributed by atoms with E-state index in [2.05, 4.69) is 0 Å². The lowest BCUT2D eigenvalue weighted by Gasteiger charge is -2.32. The maximum Gasteiger partial charge on any atom is 0.264 e. The SMILES string of the molecule is COc1ccc(OC)c([C@H](C)N(c2ccc(OC)c(OC)c2)S(=O)(=O)c2ccc(C)c(F)c2)c1. The highest BCUT2D eigenvalue weighted by Gasteiger charge is 2.33. The van der Waals surface area contributed by atoms with Crippen LogP contribution >= 0.6 is 0 Å². The van der Waals surface area contributed by atoms with Crippen molar-refractivity contribution >= 4 is 15.7 Å². The number of rotatable bonds is 9. The summed E-state index contributed by atoms with van der Waals surface area (Å²) in [5, 5.41) is 0.